The molecule has 9 nitrogen and oxygen atoms in total. The Labute approximate surface area is 171 Å². The number of likely N-dealkylation sites (tertiary alicyclic amines) is 1. The van der Waals surface area contributed by atoms with Crippen LogP contribution in [0.25, 0.3) is 0 Å². The van der Waals surface area contributed by atoms with Crippen molar-refractivity contribution in [3.8, 4) is 0 Å². The second-order valence-electron chi connectivity index (χ2n) is 7.32. The number of aliphatic hydroxyl groups excluding tert-OH is 1. The fourth-order valence-electron chi connectivity index (χ4n) is 3.52. The van der Waals surface area contributed by atoms with Gasteiger partial charge in [0.15, 0.2) is 5.96 Å². The number of rotatable bonds is 10. The Balaban J connectivity index is 1.89. The summed E-state index contributed by atoms with van der Waals surface area (Å²) in [6.45, 7) is 0.743. The van der Waals surface area contributed by atoms with E-state index in [1.165, 1.54) is 0 Å². The summed E-state index contributed by atoms with van der Waals surface area (Å²) in [6.07, 6.45) is 2.92. The molecule has 29 heavy (non-hydrogen) atoms. The monoisotopic (exact) mass is 404 g/mol. The van der Waals surface area contributed by atoms with Gasteiger partial charge < -0.3 is 32.5 Å². The van der Waals surface area contributed by atoms with Gasteiger partial charge in [-0.25, -0.2) is 0 Å². The molecule has 0 aromatic heterocycles. The van der Waals surface area contributed by atoms with Gasteiger partial charge in [-0.2, -0.15) is 0 Å². The molecule has 0 unspecified atom stereocenters. The number of aliphatic imine (C=N–C) groups is 1. The molecule has 1 aromatic rings. The highest BCUT2D eigenvalue weighted by atomic mass is 16.3. The number of aliphatic hydroxyl groups is 1. The van der Waals surface area contributed by atoms with E-state index in [2.05, 4.69) is 10.3 Å². The van der Waals surface area contributed by atoms with Crippen molar-refractivity contribution in [2.24, 2.45) is 22.2 Å². The van der Waals surface area contributed by atoms with Crippen LogP contribution in [0.3, 0.4) is 0 Å². The highest BCUT2D eigenvalue weighted by molar-refractivity contribution is 5.90. The van der Waals surface area contributed by atoms with Crippen molar-refractivity contribution in [1.82, 2.24) is 10.2 Å². The lowest BCUT2D eigenvalue weighted by molar-refractivity contribution is -0.139. The molecule has 1 aromatic carbocycles. The zero-order valence-corrected chi connectivity index (χ0v) is 16.7. The molecular weight excluding hydrogens is 372 g/mol. The van der Waals surface area contributed by atoms with E-state index in [0.717, 1.165) is 12.0 Å². The summed E-state index contributed by atoms with van der Waals surface area (Å²) in [7, 11) is 0. The standard InChI is InChI=1S/C20H32N6O3/c21-16(12-14-6-2-1-3-7-14)19(29)26-11-5-9-17(26)18(28)25-15(13-27)8-4-10-24-20(22)23/h1-3,6-7,15-17,27H,4-5,8-13,21H2,(H,25,28)(H4,22,23,24)/t15-,16+,17-/m0/s1. The number of carbonyl (C=O) groups excluding carboxylic acids is 2. The molecule has 1 saturated heterocycles. The average Bonchev–Trinajstić information content (AvgIpc) is 3.20. The summed E-state index contributed by atoms with van der Waals surface area (Å²) in [5.41, 5.74) is 17.7. The minimum Gasteiger partial charge on any atom is -0.394 e. The van der Waals surface area contributed by atoms with Crippen LogP contribution in [0.1, 0.15) is 31.2 Å². The van der Waals surface area contributed by atoms with Crippen LogP contribution in [0, 0.1) is 0 Å². The maximum Gasteiger partial charge on any atom is 0.243 e. The van der Waals surface area contributed by atoms with Gasteiger partial charge in [0.25, 0.3) is 0 Å². The number of nitrogens with two attached hydrogens (primary N) is 3. The summed E-state index contributed by atoms with van der Waals surface area (Å²) in [6, 6.07) is 7.90. The quantitative estimate of drug-likeness (QED) is 0.192. The van der Waals surface area contributed by atoms with Crippen LogP contribution in [0.2, 0.25) is 0 Å². The van der Waals surface area contributed by atoms with Crippen molar-refractivity contribution in [3.05, 3.63) is 35.9 Å². The van der Waals surface area contributed by atoms with E-state index >= 15 is 0 Å². The average molecular weight is 405 g/mol. The first-order chi connectivity index (χ1) is 13.9. The van der Waals surface area contributed by atoms with E-state index < -0.39 is 18.1 Å². The summed E-state index contributed by atoms with van der Waals surface area (Å²) in [4.78, 5) is 31.0. The predicted octanol–water partition coefficient (Wildman–Crippen LogP) is -0.922. The minimum atomic E-state index is -0.695. The van der Waals surface area contributed by atoms with Gasteiger partial charge in [-0.05, 0) is 37.7 Å². The van der Waals surface area contributed by atoms with E-state index in [1.54, 1.807) is 4.90 Å². The third-order valence-electron chi connectivity index (χ3n) is 5.03. The maximum atomic E-state index is 12.8. The number of hydrogen-bond acceptors (Lipinski definition) is 5. The van der Waals surface area contributed by atoms with Crippen molar-refractivity contribution in [1.29, 1.82) is 0 Å². The molecule has 8 N–H and O–H groups in total. The third kappa shape index (κ3) is 7.03. The molecule has 0 saturated carbocycles. The van der Waals surface area contributed by atoms with Gasteiger partial charge in [-0.1, -0.05) is 30.3 Å². The third-order valence-corrected chi connectivity index (χ3v) is 5.03. The molecule has 1 aliphatic rings. The van der Waals surface area contributed by atoms with E-state index in [-0.39, 0.29) is 24.4 Å². The molecule has 2 rings (SSSR count). The predicted molar refractivity (Wildman–Crippen MR) is 112 cm³/mol. The lowest BCUT2D eigenvalue weighted by Crippen LogP contribution is -2.53. The molecular formula is C20H32N6O3. The lowest BCUT2D eigenvalue weighted by atomic mass is 10.0. The Hall–Kier alpha value is -2.65. The molecule has 1 heterocycles. The Morgan fingerprint density at radius 1 is 1.28 bits per heavy atom. The van der Waals surface area contributed by atoms with E-state index in [1.807, 2.05) is 30.3 Å². The number of nitrogens with zero attached hydrogens (tertiary/aromatic N) is 2. The minimum absolute atomic E-state index is 0.0153. The molecule has 0 bridgehead atoms. The van der Waals surface area contributed by atoms with Crippen molar-refractivity contribution >= 4 is 17.8 Å². The van der Waals surface area contributed by atoms with Crippen molar-refractivity contribution < 1.29 is 14.7 Å². The fourth-order valence-corrected chi connectivity index (χ4v) is 3.52. The maximum absolute atomic E-state index is 12.8. The Morgan fingerprint density at radius 2 is 2.00 bits per heavy atom. The van der Waals surface area contributed by atoms with Gasteiger partial charge >= 0.3 is 0 Å². The first kappa shape index (κ1) is 22.6. The molecule has 0 aliphatic carbocycles. The number of benzene rings is 1. The first-order valence-corrected chi connectivity index (χ1v) is 9.99. The zero-order valence-electron chi connectivity index (χ0n) is 16.7. The Kier molecular flexibility index (Phi) is 8.88. The highest BCUT2D eigenvalue weighted by Gasteiger charge is 2.36. The van der Waals surface area contributed by atoms with Crippen LogP contribution in [0.5, 0.6) is 0 Å². The SMILES string of the molecule is NC(N)=NCCC[C@@H](CO)NC(=O)[C@@H]1CCCN1C(=O)[C@H](N)Cc1ccccc1. The van der Waals surface area contributed by atoms with E-state index in [4.69, 9.17) is 17.2 Å². The number of guanidine groups is 1. The number of nitrogens with one attached hydrogen (secondary N) is 1. The summed E-state index contributed by atoms with van der Waals surface area (Å²) in [5.74, 6) is -0.468. The van der Waals surface area contributed by atoms with Crippen LogP contribution in [-0.4, -0.2) is 65.6 Å². The van der Waals surface area contributed by atoms with Crippen molar-refractivity contribution in [2.45, 2.75) is 50.2 Å². The van der Waals surface area contributed by atoms with Crippen molar-refractivity contribution in [2.75, 3.05) is 19.7 Å². The number of hydrogen-bond donors (Lipinski definition) is 5. The smallest absolute Gasteiger partial charge is 0.243 e. The zero-order chi connectivity index (χ0) is 21.2. The molecule has 1 aliphatic heterocycles. The normalized spacial score (nSPS) is 18.1. The molecule has 160 valence electrons. The molecule has 2 amide bonds. The van der Waals surface area contributed by atoms with Crippen LogP contribution < -0.4 is 22.5 Å². The van der Waals surface area contributed by atoms with Crippen LogP contribution in [0.15, 0.2) is 35.3 Å². The van der Waals surface area contributed by atoms with Crippen molar-refractivity contribution in [3.63, 3.8) is 0 Å². The largest absolute Gasteiger partial charge is 0.394 e. The second-order valence-corrected chi connectivity index (χ2v) is 7.32. The van der Waals surface area contributed by atoms with Crippen LogP contribution in [0.4, 0.5) is 0 Å². The number of carbonyl (C=O) groups is 2. The number of amides is 2. The fraction of sp³-hybridized carbons (Fsp3) is 0.550. The van der Waals surface area contributed by atoms with Gasteiger partial charge in [0.1, 0.15) is 6.04 Å². The first-order valence-electron chi connectivity index (χ1n) is 9.99. The van der Waals surface area contributed by atoms with Crippen LogP contribution in [-0.2, 0) is 16.0 Å². The van der Waals surface area contributed by atoms with Gasteiger partial charge in [-0.15, -0.1) is 0 Å². The molecule has 1 fully saturated rings. The second kappa shape index (κ2) is 11.4. The van der Waals surface area contributed by atoms with Crippen LogP contribution >= 0.6 is 0 Å². The molecule has 9 heteroatoms. The Morgan fingerprint density at radius 3 is 2.66 bits per heavy atom. The molecule has 0 radical (unpaired) electrons. The summed E-state index contributed by atoms with van der Waals surface area (Å²) < 4.78 is 0. The van der Waals surface area contributed by atoms with Gasteiger partial charge in [0.05, 0.1) is 18.7 Å². The Bertz CT molecular complexity index is 693. The molecule has 3 atom stereocenters. The van der Waals surface area contributed by atoms with E-state index in [9.17, 15) is 14.7 Å². The van der Waals surface area contributed by atoms with Gasteiger partial charge in [0, 0.05) is 13.1 Å². The summed E-state index contributed by atoms with van der Waals surface area (Å²) >= 11 is 0. The van der Waals surface area contributed by atoms with Gasteiger partial charge in [0.2, 0.25) is 11.8 Å². The molecule has 0 spiro atoms. The highest BCUT2D eigenvalue weighted by Crippen LogP contribution is 2.19. The summed E-state index contributed by atoms with van der Waals surface area (Å²) in [5, 5.41) is 12.4. The van der Waals surface area contributed by atoms with Gasteiger partial charge in [-0.3, -0.25) is 14.6 Å². The topological polar surface area (TPSA) is 160 Å². The van der Waals surface area contributed by atoms with E-state index in [0.29, 0.717) is 38.8 Å². The lowest BCUT2D eigenvalue weighted by Gasteiger charge is -2.28.